The van der Waals surface area contributed by atoms with Crippen LogP contribution >= 0.6 is 11.8 Å². The quantitative estimate of drug-likeness (QED) is 0.364. The van der Waals surface area contributed by atoms with E-state index in [0.717, 1.165) is 19.3 Å². The van der Waals surface area contributed by atoms with Gasteiger partial charge in [-0.1, -0.05) is 0 Å². The number of carbonyl (C=O) groups is 4. The summed E-state index contributed by atoms with van der Waals surface area (Å²) in [4.78, 5) is 47.8. The zero-order valence-electron chi connectivity index (χ0n) is 16.8. The number of ether oxygens (including phenoxy) is 2. The maximum absolute atomic E-state index is 12.0. The maximum atomic E-state index is 12.0. The Morgan fingerprint density at radius 3 is 2.89 bits per heavy atom. The Labute approximate surface area is 165 Å². The molecule has 8 heteroatoms. The van der Waals surface area contributed by atoms with E-state index in [4.69, 9.17) is 10.8 Å². The number of nitrogens with zero attached hydrogens (tertiary/aromatic N) is 1. The van der Waals surface area contributed by atoms with E-state index in [1.165, 1.54) is 16.7 Å². The van der Waals surface area contributed by atoms with Crippen LogP contribution in [0.1, 0.15) is 52.7 Å². The lowest BCUT2D eigenvalue weighted by Crippen LogP contribution is -2.33. The number of carbonyl (C=O) groups excluding carboxylic acids is 4. The Morgan fingerprint density at radius 1 is 1.41 bits per heavy atom. The summed E-state index contributed by atoms with van der Waals surface area (Å²) in [5.74, 6) is -0.380. The van der Waals surface area contributed by atoms with Crippen molar-refractivity contribution in [1.82, 2.24) is 4.90 Å². The van der Waals surface area contributed by atoms with Crippen LogP contribution in [0.2, 0.25) is 0 Å². The van der Waals surface area contributed by atoms with Crippen LogP contribution in [-0.2, 0) is 28.7 Å². The summed E-state index contributed by atoms with van der Waals surface area (Å²) in [5.41, 5.74) is 0. The Morgan fingerprint density at radius 2 is 2.19 bits per heavy atom. The first kappa shape index (κ1) is 20.5. The second-order valence-corrected chi connectivity index (χ2v) is 8.00. The number of rotatable bonds is 12. The van der Waals surface area contributed by atoms with Crippen molar-refractivity contribution in [1.29, 1.82) is 0 Å². The summed E-state index contributed by atoms with van der Waals surface area (Å²) in [7, 11) is 0. The van der Waals surface area contributed by atoms with Gasteiger partial charge >= 0.3 is 0 Å². The van der Waals surface area contributed by atoms with Crippen LogP contribution in [0.4, 0.5) is 0 Å². The van der Waals surface area contributed by atoms with Crippen molar-refractivity contribution in [3.63, 3.8) is 0 Å². The molecule has 0 N–H and O–H groups in total. The highest BCUT2D eigenvalue weighted by Gasteiger charge is 2.37. The molecule has 27 heavy (non-hydrogen) atoms. The average Bonchev–Trinajstić information content (AvgIpc) is 2.94. The molecular formula is C19H29NO6S. The fraction of sp³-hybridized carbons (Fsp3) is 0.789. The molecule has 2 rings (SSSR count). The van der Waals surface area contributed by atoms with E-state index in [1.807, 2.05) is 6.26 Å². The third-order valence-electron chi connectivity index (χ3n) is 4.90. The molecule has 2 fully saturated rings. The minimum Gasteiger partial charge on any atom is -0.373 e. The van der Waals surface area contributed by atoms with Crippen molar-refractivity contribution >= 4 is 35.6 Å². The van der Waals surface area contributed by atoms with E-state index in [9.17, 15) is 19.2 Å². The molecule has 7 nitrogen and oxygen atoms in total. The molecule has 3 atom stereocenters. The first-order chi connectivity index (χ1) is 13.4. The fourth-order valence-corrected chi connectivity index (χ4v) is 4.06. The molecule has 0 radical (unpaired) electrons. The Bertz CT molecular complexity index is 587. The topological polar surface area (TPSA) is 90.0 Å². The average molecular weight is 401 g/mol. The standard InChI is InChI=1S/C19H29NO6S/c1-27-17-11-18(23)20(19(17)24)9-3-5-14(22)12-25-13-16-7-2-6-15(26-16)8-4-10-21/h10,15-17H,2-9,11-13H2,1H3/i10D. The Hall–Kier alpha value is -1.25. The largest absolute Gasteiger partial charge is 0.373 e. The summed E-state index contributed by atoms with van der Waals surface area (Å²) >= 11 is 1.38. The van der Waals surface area contributed by atoms with Crippen LogP contribution in [0.5, 0.6) is 0 Å². The highest BCUT2D eigenvalue weighted by molar-refractivity contribution is 8.00. The molecule has 2 saturated heterocycles. The van der Waals surface area contributed by atoms with Crippen molar-refractivity contribution in [2.45, 2.75) is 68.8 Å². The van der Waals surface area contributed by atoms with Crippen LogP contribution in [0, 0.1) is 0 Å². The van der Waals surface area contributed by atoms with Crippen LogP contribution in [-0.4, -0.2) is 72.2 Å². The molecule has 2 aliphatic heterocycles. The molecule has 0 saturated carbocycles. The third kappa shape index (κ3) is 7.01. The maximum Gasteiger partial charge on any atom is 0.242 e. The van der Waals surface area contributed by atoms with Gasteiger partial charge in [0.05, 0.1) is 24.1 Å². The van der Waals surface area contributed by atoms with E-state index in [0.29, 0.717) is 19.4 Å². The minimum absolute atomic E-state index is 0.00887. The zero-order valence-corrected chi connectivity index (χ0v) is 16.6. The molecular weight excluding hydrogens is 370 g/mol. The van der Waals surface area contributed by atoms with Gasteiger partial charge in [0.15, 0.2) is 5.78 Å². The van der Waals surface area contributed by atoms with E-state index < -0.39 is 6.26 Å². The monoisotopic (exact) mass is 400 g/mol. The summed E-state index contributed by atoms with van der Waals surface area (Å²) in [6, 6.07) is 0. The first-order valence-electron chi connectivity index (χ1n) is 10.0. The van der Waals surface area contributed by atoms with Gasteiger partial charge in [-0.05, 0) is 38.4 Å². The molecule has 0 aliphatic carbocycles. The number of Topliss-reactive ketones (excluding diaryl/α,β-unsaturated/α-hetero) is 1. The number of hydrogen-bond donors (Lipinski definition) is 0. The summed E-state index contributed by atoms with van der Waals surface area (Å²) < 4.78 is 18.3. The molecule has 0 spiro atoms. The van der Waals surface area contributed by atoms with Gasteiger partial charge in [0.1, 0.15) is 14.2 Å². The van der Waals surface area contributed by atoms with E-state index in [2.05, 4.69) is 0 Å². The molecule has 0 bridgehead atoms. The van der Waals surface area contributed by atoms with Gasteiger partial charge in [0.25, 0.3) is 0 Å². The minimum atomic E-state index is -0.575. The molecule has 152 valence electrons. The molecule has 0 aromatic heterocycles. The lowest BCUT2D eigenvalue weighted by Gasteiger charge is -2.29. The predicted octanol–water partition coefficient (Wildman–Crippen LogP) is 1.76. The molecule has 2 aliphatic rings. The van der Waals surface area contributed by atoms with E-state index in [1.54, 1.807) is 0 Å². The number of aldehydes is 1. The SMILES string of the molecule is [2H]C(=O)CCC1CCCC(COCC(=O)CCCN2C(=O)CC(SC)C2=O)O1. The lowest BCUT2D eigenvalue weighted by molar-refractivity contribution is -0.139. The third-order valence-corrected chi connectivity index (χ3v) is 5.83. The van der Waals surface area contributed by atoms with Crippen LogP contribution < -0.4 is 0 Å². The summed E-state index contributed by atoms with van der Waals surface area (Å²) in [6.45, 7) is 0.600. The molecule has 2 heterocycles. The smallest absolute Gasteiger partial charge is 0.242 e. The van der Waals surface area contributed by atoms with Crippen molar-refractivity contribution in [3.8, 4) is 0 Å². The van der Waals surface area contributed by atoms with Crippen molar-refractivity contribution in [2.75, 3.05) is 26.0 Å². The summed E-state index contributed by atoms with van der Waals surface area (Å²) in [6.07, 6.45) is 5.57. The second kappa shape index (κ2) is 11.6. The van der Waals surface area contributed by atoms with Gasteiger partial charge in [0.2, 0.25) is 11.8 Å². The molecule has 0 aromatic rings. The zero-order chi connectivity index (χ0) is 20.5. The number of likely N-dealkylation sites (tertiary alicyclic amines) is 1. The Kier molecular flexibility index (Phi) is 8.77. The number of imide groups is 1. The number of ketones is 1. The van der Waals surface area contributed by atoms with E-state index in [-0.39, 0.29) is 67.5 Å². The second-order valence-electron chi connectivity index (χ2n) is 6.96. The van der Waals surface area contributed by atoms with E-state index >= 15 is 0 Å². The number of thioether (sulfide) groups is 1. The molecule has 0 aromatic carbocycles. The first-order valence-corrected chi connectivity index (χ1v) is 10.8. The van der Waals surface area contributed by atoms with Gasteiger partial charge in [-0.15, -0.1) is 0 Å². The van der Waals surface area contributed by atoms with Crippen LogP contribution in [0.3, 0.4) is 0 Å². The lowest BCUT2D eigenvalue weighted by atomic mass is 10.0. The van der Waals surface area contributed by atoms with Crippen LogP contribution in [0.25, 0.3) is 0 Å². The van der Waals surface area contributed by atoms with Crippen molar-refractivity contribution in [3.05, 3.63) is 0 Å². The van der Waals surface area contributed by atoms with Gasteiger partial charge < -0.3 is 14.3 Å². The summed E-state index contributed by atoms with van der Waals surface area (Å²) in [5, 5.41) is -0.287. The molecule has 2 amide bonds. The number of hydrogen-bond acceptors (Lipinski definition) is 7. The van der Waals surface area contributed by atoms with Gasteiger partial charge in [-0.25, -0.2) is 0 Å². The Balaban J connectivity index is 1.58. The van der Waals surface area contributed by atoms with Crippen LogP contribution in [0.15, 0.2) is 0 Å². The van der Waals surface area contributed by atoms with Gasteiger partial charge in [-0.3, -0.25) is 19.3 Å². The van der Waals surface area contributed by atoms with Crippen molar-refractivity contribution in [2.24, 2.45) is 0 Å². The van der Waals surface area contributed by atoms with Gasteiger partial charge in [-0.2, -0.15) is 11.8 Å². The highest BCUT2D eigenvalue weighted by Crippen LogP contribution is 2.24. The van der Waals surface area contributed by atoms with Crippen molar-refractivity contribution < 1.29 is 30.0 Å². The highest BCUT2D eigenvalue weighted by atomic mass is 32.2. The fourth-order valence-electron chi connectivity index (χ4n) is 3.42. The van der Waals surface area contributed by atoms with Gasteiger partial charge in [0, 0.05) is 25.8 Å². The predicted molar refractivity (Wildman–Crippen MR) is 102 cm³/mol. The normalized spacial score (nSPS) is 26.3. The number of amides is 2. The molecule has 3 unspecified atom stereocenters.